The van der Waals surface area contributed by atoms with Crippen LogP contribution in [0, 0.1) is 0 Å². The number of nitrogens with zero attached hydrogens (tertiary/aromatic N) is 1. The van der Waals surface area contributed by atoms with Crippen molar-refractivity contribution >= 4 is 33.8 Å². The Hall–Kier alpha value is -3.18. The van der Waals surface area contributed by atoms with Crippen molar-refractivity contribution in [3.8, 4) is 16.3 Å². The van der Waals surface area contributed by atoms with E-state index in [0.717, 1.165) is 21.5 Å². The lowest BCUT2D eigenvalue weighted by molar-refractivity contribution is 0.102. The molecule has 2 N–H and O–H groups in total. The largest absolute Gasteiger partial charge is 0.506 e. The Labute approximate surface area is 148 Å². The average Bonchev–Trinajstić information content (AvgIpc) is 3.17. The van der Waals surface area contributed by atoms with Crippen LogP contribution in [0.4, 0.5) is 5.69 Å². The molecule has 2 aromatic carbocycles. The van der Waals surface area contributed by atoms with Crippen molar-refractivity contribution < 1.29 is 9.90 Å². The van der Waals surface area contributed by atoms with E-state index in [1.54, 1.807) is 35.6 Å². The maximum Gasteiger partial charge on any atom is 0.256 e. The number of benzene rings is 2. The molecule has 0 unspecified atom stereocenters. The zero-order chi connectivity index (χ0) is 17.2. The van der Waals surface area contributed by atoms with Gasteiger partial charge in [0.2, 0.25) is 0 Å². The third kappa shape index (κ3) is 2.97. The highest BCUT2D eigenvalue weighted by Gasteiger charge is 2.15. The fourth-order valence-corrected chi connectivity index (χ4v) is 3.37. The number of carbonyl (C=O) groups is 1. The van der Waals surface area contributed by atoms with Crippen LogP contribution in [0.1, 0.15) is 10.4 Å². The predicted octanol–water partition coefficient (Wildman–Crippen LogP) is 4.92. The van der Waals surface area contributed by atoms with Gasteiger partial charge in [-0.1, -0.05) is 36.4 Å². The van der Waals surface area contributed by atoms with E-state index >= 15 is 0 Å². The number of rotatable bonds is 3. The normalized spacial score (nSPS) is 10.7. The van der Waals surface area contributed by atoms with Crippen LogP contribution in [0.5, 0.6) is 5.75 Å². The average molecular weight is 346 g/mol. The number of hydrogen-bond acceptors (Lipinski definition) is 4. The molecule has 0 fully saturated rings. The molecule has 4 aromatic rings. The molecule has 4 rings (SSSR count). The van der Waals surface area contributed by atoms with Gasteiger partial charge in [-0.25, -0.2) is 4.98 Å². The van der Waals surface area contributed by atoms with Crippen molar-refractivity contribution in [3.05, 3.63) is 77.7 Å². The number of aromatic nitrogens is 1. The van der Waals surface area contributed by atoms with Gasteiger partial charge in [-0.2, -0.15) is 0 Å². The number of carbonyl (C=O) groups excluding carboxylic acids is 1. The fourth-order valence-electron chi connectivity index (χ4n) is 2.68. The zero-order valence-electron chi connectivity index (χ0n) is 13.1. The summed E-state index contributed by atoms with van der Waals surface area (Å²) >= 11 is 1.58. The number of amides is 1. The fraction of sp³-hybridized carbons (Fsp3) is 0. The van der Waals surface area contributed by atoms with Gasteiger partial charge < -0.3 is 10.4 Å². The van der Waals surface area contributed by atoms with Gasteiger partial charge in [-0.05, 0) is 35.7 Å². The smallest absolute Gasteiger partial charge is 0.256 e. The number of phenolic OH excluding ortho intramolecular Hbond substituents is 1. The van der Waals surface area contributed by atoms with E-state index < -0.39 is 0 Å². The Morgan fingerprint density at radius 3 is 2.60 bits per heavy atom. The van der Waals surface area contributed by atoms with Crippen LogP contribution in [0.2, 0.25) is 0 Å². The molecule has 2 heterocycles. The van der Waals surface area contributed by atoms with E-state index in [4.69, 9.17) is 0 Å². The minimum absolute atomic E-state index is 0.0349. The SMILES string of the molecule is O=C(Nc1ccccc1O)c1cc(-c2cccs2)nc2ccccc12. The zero-order valence-corrected chi connectivity index (χ0v) is 14.0. The van der Waals surface area contributed by atoms with Crippen LogP contribution < -0.4 is 5.32 Å². The third-order valence-electron chi connectivity index (χ3n) is 3.89. The molecule has 0 saturated carbocycles. The number of nitrogens with one attached hydrogen (secondary N) is 1. The van der Waals surface area contributed by atoms with Crippen LogP contribution >= 0.6 is 11.3 Å². The van der Waals surface area contributed by atoms with E-state index in [0.29, 0.717) is 11.3 Å². The first-order chi connectivity index (χ1) is 12.2. The first-order valence-electron chi connectivity index (χ1n) is 7.75. The molecular formula is C20H14N2O2S. The molecule has 0 saturated heterocycles. The topological polar surface area (TPSA) is 62.2 Å². The van der Waals surface area contributed by atoms with Gasteiger partial charge in [-0.15, -0.1) is 11.3 Å². The lowest BCUT2D eigenvalue weighted by Gasteiger charge is -2.11. The van der Waals surface area contributed by atoms with Gasteiger partial charge in [0, 0.05) is 5.39 Å². The summed E-state index contributed by atoms with van der Waals surface area (Å²) in [4.78, 5) is 18.5. The Bertz CT molecular complexity index is 1060. The highest BCUT2D eigenvalue weighted by molar-refractivity contribution is 7.13. The van der Waals surface area contributed by atoms with Gasteiger partial charge in [-0.3, -0.25) is 4.79 Å². The van der Waals surface area contributed by atoms with E-state index in [1.165, 1.54) is 6.07 Å². The van der Waals surface area contributed by atoms with Gasteiger partial charge in [0.25, 0.3) is 5.91 Å². The monoisotopic (exact) mass is 346 g/mol. The van der Waals surface area contributed by atoms with Gasteiger partial charge in [0.1, 0.15) is 5.75 Å². The summed E-state index contributed by atoms with van der Waals surface area (Å²) in [6, 6.07) is 20.0. The Morgan fingerprint density at radius 2 is 1.80 bits per heavy atom. The molecule has 2 aromatic heterocycles. The summed E-state index contributed by atoms with van der Waals surface area (Å²) in [7, 11) is 0. The second kappa shape index (κ2) is 6.37. The van der Waals surface area contributed by atoms with E-state index in [-0.39, 0.29) is 11.7 Å². The quantitative estimate of drug-likeness (QED) is 0.518. The molecule has 0 aliphatic carbocycles. The van der Waals surface area contributed by atoms with Crippen LogP contribution in [-0.2, 0) is 0 Å². The van der Waals surface area contributed by atoms with Crippen LogP contribution in [0.15, 0.2) is 72.1 Å². The molecule has 25 heavy (non-hydrogen) atoms. The van der Waals surface area contributed by atoms with Crippen molar-refractivity contribution in [1.29, 1.82) is 0 Å². The first-order valence-corrected chi connectivity index (χ1v) is 8.63. The van der Waals surface area contributed by atoms with E-state index in [2.05, 4.69) is 10.3 Å². The molecule has 0 bridgehead atoms. The van der Waals surface area contributed by atoms with Crippen LogP contribution in [-0.4, -0.2) is 16.0 Å². The summed E-state index contributed by atoms with van der Waals surface area (Å²) in [5, 5.41) is 15.4. The summed E-state index contributed by atoms with van der Waals surface area (Å²) in [6.07, 6.45) is 0. The number of thiophene rings is 1. The lowest BCUT2D eigenvalue weighted by Crippen LogP contribution is -2.13. The molecule has 5 heteroatoms. The maximum atomic E-state index is 12.9. The second-order valence-corrected chi connectivity index (χ2v) is 6.47. The molecule has 0 aliphatic rings. The molecule has 1 amide bonds. The summed E-state index contributed by atoms with van der Waals surface area (Å²) in [5.41, 5.74) is 2.43. The number of para-hydroxylation sites is 3. The summed E-state index contributed by atoms with van der Waals surface area (Å²) < 4.78 is 0. The maximum absolute atomic E-state index is 12.9. The predicted molar refractivity (Wildman–Crippen MR) is 101 cm³/mol. The number of phenols is 1. The lowest BCUT2D eigenvalue weighted by atomic mass is 10.1. The van der Waals surface area contributed by atoms with E-state index in [1.807, 2.05) is 41.8 Å². The molecular weight excluding hydrogens is 332 g/mol. The van der Waals surface area contributed by atoms with Crippen LogP contribution in [0.3, 0.4) is 0 Å². The van der Waals surface area contributed by atoms with Crippen LogP contribution in [0.25, 0.3) is 21.5 Å². The first kappa shape index (κ1) is 15.4. The highest BCUT2D eigenvalue weighted by atomic mass is 32.1. The molecule has 122 valence electrons. The second-order valence-electron chi connectivity index (χ2n) is 5.52. The van der Waals surface area contributed by atoms with Gasteiger partial charge in [0.15, 0.2) is 0 Å². The number of hydrogen-bond donors (Lipinski definition) is 2. The molecule has 0 radical (unpaired) electrons. The number of aromatic hydroxyl groups is 1. The standard InChI is InChI=1S/C20H14N2O2S/c23-18-9-4-3-8-16(18)22-20(24)14-12-17(19-10-5-11-25-19)21-15-7-2-1-6-13(14)15/h1-12,23H,(H,22,24). The Kier molecular flexibility index (Phi) is 3.91. The van der Waals surface area contributed by atoms with Crippen molar-refractivity contribution in [2.45, 2.75) is 0 Å². The van der Waals surface area contributed by atoms with Gasteiger partial charge in [0.05, 0.1) is 27.3 Å². The minimum Gasteiger partial charge on any atom is -0.506 e. The summed E-state index contributed by atoms with van der Waals surface area (Å²) in [5.74, 6) is -0.245. The number of pyridine rings is 1. The van der Waals surface area contributed by atoms with E-state index in [9.17, 15) is 9.90 Å². The van der Waals surface area contributed by atoms with Gasteiger partial charge >= 0.3 is 0 Å². The number of fused-ring (bicyclic) bond motifs is 1. The molecule has 0 atom stereocenters. The van der Waals surface area contributed by atoms with Crippen molar-refractivity contribution in [2.24, 2.45) is 0 Å². The molecule has 4 nitrogen and oxygen atoms in total. The summed E-state index contributed by atoms with van der Waals surface area (Å²) in [6.45, 7) is 0. The third-order valence-corrected chi connectivity index (χ3v) is 4.78. The van der Waals surface area contributed by atoms with Crippen molar-refractivity contribution in [3.63, 3.8) is 0 Å². The van der Waals surface area contributed by atoms with Crippen molar-refractivity contribution in [1.82, 2.24) is 4.98 Å². The Balaban J connectivity index is 1.82. The van der Waals surface area contributed by atoms with Crippen molar-refractivity contribution in [2.75, 3.05) is 5.32 Å². The Morgan fingerprint density at radius 1 is 1.00 bits per heavy atom. The molecule has 0 spiro atoms. The number of anilines is 1. The highest BCUT2D eigenvalue weighted by Crippen LogP contribution is 2.29. The molecule has 0 aliphatic heterocycles. The minimum atomic E-state index is -0.280.